The summed E-state index contributed by atoms with van der Waals surface area (Å²) in [6, 6.07) is 0. The third-order valence-electron chi connectivity index (χ3n) is 9.30. The van der Waals surface area contributed by atoms with E-state index in [1.807, 2.05) is 27.2 Å². The molecule has 0 heterocycles. The Hall–Kier alpha value is -2.11. The summed E-state index contributed by atoms with van der Waals surface area (Å²) in [5.74, 6) is -1.04. The molecule has 0 amide bonds. The maximum absolute atomic E-state index is 12.7. The lowest BCUT2D eigenvalue weighted by molar-refractivity contribution is -0.870. The van der Waals surface area contributed by atoms with Crippen LogP contribution < -0.4 is 0 Å². The molecule has 12 heteroatoms. The largest absolute Gasteiger partial charge is 0.472 e. The van der Waals surface area contributed by atoms with Gasteiger partial charge in [-0.15, -0.1) is 0 Å². The second-order valence-electron chi connectivity index (χ2n) is 16.1. The van der Waals surface area contributed by atoms with Crippen molar-refractivity contribution in [1.29, 1.82) is 0 Å². The lowest BCUT2D eigenvalue weighted by Gasteiger charge is -2.24. The number of aliphatic hydroxyl groups is 2. The molecule has 4 atom stereocenters. The van der Waals surface area contributed by atoms with E-state index in [1.54, 1.807) is 36.5 Å². The summed E-state index contributed by atoms with van der Waals surface area (Å²) in [5.41, 5.74) is 0. The molecule has 0 aromatic rings. The Morgan fingerprint density at radius 3 is 1.74 bits per heavy atom. The van der Waals surface area contributed by atoms with Crippen molar-refractivity contribution in [1.82, 2.24) is 0 Å². The summed E-state index contributed by atoms with van der Waals surface area (Å²) < 4.78 is 34.1. The monoisotopic (exact) mass is 829 g/mol. The first-order valence-electron chi connectivity index (χ1n) is 22.1. The normalized spacial score (nSPS) is 15.2. The van der Waals surface area contributed by atoms with Gasteiger partial charge in [0, 0.05) is 12.8 Å². The topological polar surface area (TPSA) is 149 Å². The van der Waals surface area contributed by atoms with Gasteiger partial charge in [-0.25, -0.2) is 4.57 Å². The number of likely N-dealkylation sites (N-methyl/N-ethyl adjacent to an activating group) is 1. The number of hydrogen-bond acceptors (Lipinski definition) is 9. The van der Waals surface area contributed by atoms with Crippen molar-refractivity contribution in [2.24, 2.45) is 0 Å². The third-order valence-corrected chi connectivity index (χ3v) is 10.3. The van der Waals surface area contributed by atoms with E-state index in [2.05, 4.69) is 19.9 Å². The van der Waals surface area contributed by atoms with E-state index in [9.17, 15) is 29.3 Å². The molecule has 0 saturated carbocycles. The fourth-order valence-corrected chi connectivity index (χ4v) is 6.48. The number of aliphatic hydroxyl groups excluding tert-OH is 2. The molecule has 57 heavy (non-hydrogen) atoms. The molecule has 0 aromatic heterocycles. The molecule has 0 bridgehead atoms. The number of unbranched alkanes of at least 4 members (excludes halogenated alkanes) is 16. The Labute approximate surface area is 347 Å². The molecule has 0 saturated heterocycles. The first kappa shape index (κ1) is 54.9. The van der Waals surface area contributed by atoms with Crippen LogP contribution in [0.3, 0.4) is 0 Å². The van der Waals surface area contributed by atoms with E-state index < -0.39 is 44.7 Å². The van der Waals surface area contributed by atoms with Crippen LogP contribution in [0.4, 0.5) is 0 Å². The van der Waals surface area contributed by atoms with Gasteiger partial charge in [0.25, 0.3) is 0 Å². The van der Waals surface area contributed by atoms with Gasteiger partial charge in [0.1, 0.15) is 19.8 Å². The van der Waals surface area contributed by atoms with Crippen LogP contribution in [0.5, 0.6) is 0 Å². The molecule has 0 fully saturated rings. The Bertz CT molecular complexity index is 1150. The average Bonchev–Trinajstić information content (AvgIpc) is 3.15. The minimum atomic E-state index is -4.43. The minimum Gasteiger partial charge on any atom is -0.462 e. The average molecular weight is 829 g/mol. The van der Waals surface area contributed by atoms with E-state index in [4.69, 9.17) is 18.5 Å². The summed E-state index contributed by atoms with van der Waals surface area (Å²) in [6.07, 6.45) is 35.0. The number of nitrogens with zero attached hydrogens (tertiary/aromatic N) is 1. The van der Waals surface area contributed by atoms with Gasteiger partial charge < -0.3 is 29.1 Å². The Morgan fingerprint density at radius 1 is 0.632 bits per heavy atom. The fraction of sp³-hybridized carbons (Fsp3) is 0.778. The van der Waals surface area contributed by atoms with E-state index in [0.29, 0.717) is 36.7 Å². The van der Waals surface area contributed by atoms with Crippen LogP contribution in [0.15, 0.2) is 48.6 Å². The molecular formula is C45H83NO10P+. The number of phosphoric acid groups is 1. The minimum absolute atomic E-state index is 0.00822. The van der Waals surface area contributed by atoms with E-state index >= 15 is 0 Å². The van der Waals surface area contributed by atoms with Gasteiger partial charge in [0.15, 0.2) is 6.10 Å². The van der Waals surface area contributed by atoms with E-state index in [-0.39, 0.29) is 26.1 Å². The number of quaternary nitrogens is 1. The van der Waals surface area contributed by atoms with E-state index in [0.717, 1.165) is 25.7 Å². The zero-order valence-electron chi connectivity index (χ0n) is 36.5. The number of carbonyl (C=O) groups is 2. The lowest BCUT2D eigenvalue weighted by Crippen LogP contribution is -2.37. The second kappa shape index (κ2) is 36.9. The van der Waals surface area contributed by atoms with E-state index in [1.165, 1.54) is 83.5 Å². The van der Waals surface area contributed by atoms with Crippen molar-refractivity contribution in [2.45, 2.75) is 180 Å². The third kappa shape index (κ3) is 40.5. The summed E-state index contributed by atoms with van der Waals surface area (Å²) in [6.45, 7) is 4.07. The molecule has 1 unspecified atom stereocenters. The molecule has 0 radical (unpaired) electrons. The predicted octanol–water partition coefficient (Wildman–Crippen LogP) is 10.2. The van der Waals surface area contributed by atoms with Crippen LogP contribution in [0.1, 0.15) is 162 Å². The zero-order chi connectivity index (χ0) is 42.5. The fourth-order valence-electron chi connectivity index (χ4n) is 5.74. The van der Waals surface area contributed by atoms with Gasteiger partial charge in [-0.2, -0.15) is 0 Å². The van der Waals surface area contributed by atoms with Crippen LogP contribution in [-0.2, 0) is 32.7 Å². The predicted molar refractivity (Wildman–Crippen MR) is 232 cm³/mol. The molecule has 11 nitrogen and oxygen atoms in total. The number of ether oxygens (including phenoxy) is 2. The molecule has 0 spiro atoms. The Morgan fingerprint density at radius 2 is 1.16 bits per heavy atom. The van der Waals surface area contributed by atoms with Crippen molar-refractivity contribution < 1.29 is 52.3 Å². The van der Waals surface area contributed by atoms with Crippen molar-refractivity contribution >= 4 is 19.8 Å². The van der Waals surface area contributed by atoms with Crippen LogP contribution in [0, 0.1) is 0 Å². The molecule has 0 aliphatic carbocycles. The van der Waals surface area contributed by atoms with Crippen molar-refractivity contribution in [3.8, 4) is 0 Å². The molecule has 332 valence electrons. The quantitative estimate of drug-likeness (QED) is 0.0137. The molecule has 3 N–H and O–H groups in total. The Balaban J connectivity index is 4.61. The van der Waals surface area contributed by atoms with Crippen LogP contribution in [0.25, 0.3) is 0 Å². The molecule has 0 aliphatic rings. The number of esters is 2. The number of carbonyl (C=O) groups excluding carboxylic acids is 2. The van der Waals surface area contributed by atoms with Gasteiger partial charge in [-0.3, -0.25) is 18.6 Å². The van der Waals surface area contributed by atoms with Gasteiger partial charge in [0.2, 0.25) is 0 Å². The highest BCUT2D eigenvalue weighted by Gasteiger charge is 2.27. The van der Waals surface area contributed by atoms with Gasteiger partial charge >= 0.3 is 19.8 Å². The highest BCUT2D eigenvalue weighted by molar-refractivity contribution is 7.47. The van der Waals surface area contributed by atoms with Crippen LogP contribution in [0.2, 0.25) is 0 Å². The number of hydrogen-bond donors (Lipinski definition) is 3. The maximum atomic E-state index is 12.7. The summed E-state index contributed by atoms with van der Waals surface area (Å²) >= 11 is 0. The number of allylic oxidation sites excluding steroid dienone is 5. The second-order valence-corrected chi connectivity index (χ2v) is 17.6. The maximum Gasteiger partial charge on any atom is 0.472 e. The highest BCUT2D eigenvalue weighted by Crippen LogP contribution is 2.43. The van der Waals surface area contributed by atoms with Crippen LogP contribution >= 0.6 is 7.82 Å². The first-order chi connectivity index (χ1) is 27.3. The highest BCUT2D eigenvalue weighted by atomic mass is 31.2. The summed E-state index contributed by atoms with van der Waals surface area (Å²) in [7, 11) is 1.34. The smallest absolute Gasteiger partial charge is 0.462 e. The molecule has 0 rings (SSSR count). The standard InChI is InChI=1S/C45H82NO10P/c1-6-8-10-12-14-15-16-17-18-19-20-21-23-29-35-45(50)56-43(40-55-57(51,52)54-38-37-46(3,4)5)39-53-44(49)36-30-34-42(48)33-28-25-24-27-32-41(47)31-26-22-13-11-9-7-2/h22,24-28,32-33,41-43,47-48H,6-21,23,29-31,34-40H2,1-5H3/p+1/b25-24+,26-22-,32-27+,33-28-/t41-,42-,43-/m1/s1. The SMILES string of the molecule is CCCCC/C=C\C[C@@H](O)/C=C/C=C/C=C\[C@@H](O)CCCC(=O)OC[C@H](COP(=O)(O)OCC[N+](C)(C)C)OC(=O)CCCCCCCCCCCCCCCC. The summed E-state index contributed by atoms with van der Waals surface area (Å²) in [4.78, 5) is 35.4. The van der Waals surface area contributed by atoms with Crippen molar-refractivity contribution in [3.05, 3.63) is 48.6 Å². The van der Waals surface area contributed by atoms with Crippen molar-refractivity contribution in [3.63, 3.8) is 0 Å². The number of phosphoric ester groups is 1. The number of rotatable bonds is 39. The van der Waals surface area contributed by atoms with Gasteiger partial charge in [-0.1, -0.05) is 159 Å². The molecule has 0 aromatic carbocycles. The van der Waals surface area contributed by atoms with Crippen LogP contribution in [-0.4, -0.2) is 97.3 Å². The molecular weight excluding hydrogens is 745 g/mol. The molecule has 0 aliphatic heterocycles. The summed E-state index contributed by atoms with van der Waals surface area (Å²) in [5, 5.41) is 20.3. The van der Waals surface area contributed by atoms with Gasteiger partial charge in [-0.05, 0) is 38.5 Å². The van der Waals surface area contributed by atoms with Crippen molar-refractivity contribution in [2.75, 3.05) is 47.5 Å². The van der Waals surface area contributed by atoms with Gasteiger partial charge in [0.05, 0.1) is 40.0 Å². The Kier molecular flexibility index (Phi) is 35.6. The first-order valence-corrected chi connectivity index (χ1v) is 23.6. The lowest BCUT2D eigenvalue weighted by atomic mass is 10.0. The zero-order valence-corrected chi connectivity index (χ0v) is 37.4.